The summed E-state index contributed by atoms with van der Waals surface area (Å²) in [6.45, 7) is 0. The van der Waals surface area contributed by atoms with E-state index in [2.05, 4.69) is 15.3 Å². The van der Waals surface area contributed by atoms with Gasteiger partial charge in [-0.05, 0) is 24.3 Å². The minimum Gasteiger partial charge on any atom is -0.496 e. The maximum absolute atomic E-state index is 12.6. The van der Waals surface area contributed by atoms with Crippen molar-refractivity contribution in [2.45, 2.75) is 0 Å². The number of rotatable bonds is 4. The highest BCUT2D eigenvalue weighted by Crippen LogP contribution is 2.27. The molecule has 0 unspecified atom stereocenters. The number of ether oxygens (including phenoxy) is 1. The number of nitrogens with zero attached hydrogens (tertiary/aromatic N) is 3. The molecule has 24 heavy (non-hydrogen) atoms. The summed E-state index contributed by atoms with van der Waals surface area (Å²) in [5.41, 5.74) is 0.869. The number of carbonyl (C=O) groups is 1. The largest absolute Gasteiger partial charge is 0.496 e. The van der Waals surface area contributed by atoms with Crippen LogP contribution in [0.15, 0.2) is 48.9 Å². The van der Waals surface area contributed by atoms with E-state index in [0.717, 1.165) is 0 Å². The van der Waals surface area contributed by atoms with Crippen molar-refractivity contribution in [2.75, 3.05) is 12.4 Å². The summed E-state index contributed by atoms with van der Waals surface area (Å²) >= 11 is 12.0. The lowest BCUT2D eigenvalue weighted by molar-refractivity contribution is 0.102. The molecule has 0 aliphatic carbocycles. The van der Waals surface area contributed by atoms with Gasteiger partial charge in [0.1, 0.15) is 12.1 Å². The van der Waals surface area contributed by atoms with Crippen LogP contribution < -0.4 is 10.1 Å². The van der Waals surface area contributed by atoms with Crippen molar-refractivity contribution in [3.8, 4) is 11.6 Å². The van der Waals surface area contributed by atoms with Crippen LogP contribution in [0.3, 0.4) is 0 Å². The van der Waals surface area contributed by atoms with Gasteiger partial charge in [0.05, 0.1) is 18.4 Å². The minimum atomic E-state index is -0.330. The molecule has 2 heterocycles. The van der Waals surface area contributed by atoms with Gasteiger partial charge in [-0.15, -0.1) is 0 Å². The SMILES string of the molecule is COc1ccccc1C(=O)Nc1cccnc1-n1cnc(Cl)c1Cl. The molecule has 3 aromatic rings. The quantitative estimate of drug-likeness (QED) is 0.765. The lowest BCUT2D eigenvalue weighted by Gasteiger charge is -2.12. The fourth-order valence-electron chi connectivity index (χ4n) is 2.17. The van der Waals surface area contributed by atoms with E-state index in [1.807, 2.05) is 0 Å². The van der Waals surface area contributed by atoms with Gasteiger partial charge in [0, 0.05) is 6.20 Å². The van der Waals surface area contributed by atoms with Gasteiger partial charge in [0.25, 0.3) is 5.91 Å². The summed E-state index contributed by atoms with van der Waals surface area (Å²) in [7, 11) is 1.51. The van der Waals surface area contributed by atoms with Crippen molar-refractivity contribution < 1.29 is 9.53 Å². The molecular weight excluding hydrogens is 351 g/mol. The molecule has 0 aliphatic heterocycles. The first-order chi connectivity index (χ1) is 11.6. The molecule has 0 atom stereocenters. The van der Waals surface area contributed by atoms with Crippen molar-refractivity contribution in [1.29, 1.82) is 0 Å². The van der Waals surface area contributed by atoms with E-state index in [4.69, 9.17) is 27.9 Å². The second kappa shape index (κ2) is 6.90. The molecule has 3 rings (SSSR count). The lowest BCUT2D eigenvalue weighted by atomic mass is 10.2. The maximum atomic E-state index is 12.6. The Labute approximate surface area is 148 Å². The summed E-state index contributed by atoms with van der Waals surface area (Å²) < 4.78 is 6.70. The smallest absolute Gasteiger partial charge is 0.259 e. The van der Waals surface area contributed by atoms with Crippen LogP contribution in [-0.4, -0.2) is 27.6 Å². The summed E-state index contributed by atoms with van der Waals surface area (Å²) in [5.74, 6) is 0.554. The van der Waals surface area contributed by atoms with Crippen molar-refractivity contribution in [3.63, 3.8) is 0 Å². The number of methoxy groups -OCH3 is 1. The third-order valence-electron chi connectivity index (χ3n) is 3.28. The molecule has 0 bridgehead atoms. The number of anilines is 1. The average Bonchev–Trinajstić information content (AvgIpc) is 2.94. The fraction of sp³-hybridized carbons (Fsp3) is 0.0625. The molecule has 1 amide bonds. The Bertz CT molecular complexity index is 895. The van der Waals surface area contributed by atoms with E-state index in [0.29, 0.717) is 22.8 Å². The number of hydrogen-bond acceptors (Lipinski definition) is 4. The zero-order valence-corrected chi connectivity index (χ0v) is 14.0. The normalized spacial score (nSPS) is 10.5. The van der Waals surface area contributed by atoms with Gasteiger partial charge in [0.2, 0.25) is 0 Å². The molecule has 6 nitrogen and oxygen atoms in total. The Morgan fingerprint density at radius 2 is 1.96 bits per heavy atom. The van der Waals surface area contributed by atoms with E-state index < -0.39 is 0 Å². The van der Waals surface area contributed by atoms with E-state index >= 15 is 0 Å². The molecular formula is C16H12Cl2N4O2. The number of amides is 1. The highest BCUT2D eigenvalue weighted by atomic mass is 35.5. The molecule has 122 valence electrons. The zero-order chi connectivity index (χ0) is 17.1. The second-order valence-electron chi connectivity index (χ2n) is 4.73. The van der Waals surface area contributed by atoms with Crippen LogP contribution in [0.5, 0.6) is 5.75 Å². The summed E-state index contributed by atoms with van der Waals surface area (Å²) in [5, 5.41) is 3.17. The van der Waals surface area contributed by atoms with Gasteiger partial charge >= 0.3 is 0 Å². The van der Waals surface area contributed by atoms with Crippen LogP contribution in [0, 0.1) is 0 Å². The van der Waals surface area contributed by atoms with E-state index in [-0.39, 0.29) is 16.2 Å². The summed E-state index contributed by atoms with van der Waals surface area (Å²) in [6.07, 6.45) is 3.02. The Morgan fingerprint density at radius 3 is 2.67 bits per heavy atom. The predicted molar refractivity (Wildman–Crippen MR) is 92.3 cm³/mol. The van der Waals surface area contributed by atoms with Gasteiger partial charge in [0.15, 0.2) is 16.1 Å². The van der Waals surface area contributed by atoms with Gasteiger partial charge in [-0.3, -0.25) is 9.36 Å². The zero-order valence-electron chi connectivity index (χ0n) is 12.5. The molecule has 0 radical (unpaired) electrons. The highest BCUT2D eigenvalue weighted by Gasteiger charge is 2.17. The third-order valence-corrected chi connectivity index (χ3v) is 4.02. The molecule has 1 aromatic carbocycles. The number of para-hydroxylation sites is 1. The Balaban J connectivity index is 1.97. The van der Waals surface area contributed by atoms with Crippen LogP contribution >= 0.6 is 23.2 Å². The van der Waals surface area contributed by atoms with E-state index in [1.165, 1.54) is 18.0 Å². The van der Waals surface area contributed by atoms with Crippen molar-refractivity contribution in [2.24, 2.45) is 0 Å². The van der Waals surface area contributed by atoms with Crippen molar-refractivity contribution in [3.05, 3.63) is 64.8 Å². The number of carbonyl (C=O) groups excluding carboxylic acids is 1. The second-order valence-corrected chi connectivity index (χ2v) is 5.44. The molecule has 0 spiro atoms. The predicted octanol–water partition coefficient (Wildman–Crippen LogP) is 3.84. The van der Waals surface area contributed by atoms with Crippen molar-refractivity contribution in [1.82, 2.24) is 14.5 Å². The summed E-state index contributed by atoms with van der Waals surface area (Å²) in [6, 6.07) is 10.3. The molecule has 0 aliphatic rings. The molecule has 0 saturated heterocycles. The Morgan fingerprint density at radius 1 is 1.17 bits per heavy atom. The molecule has 0 fully saturated rings. The van der Waals surface area contributed by atoms with Crippen LogP contribution in [0.2, 0.25) is 10.3 Å². The summed E-state index contributed by atoms with van der Waals surface area (Å²) in [4.78, 5) is 20.7. The van der Waals surface area contributed by atoms with Crippen molar-refractivity contribution >= 4 is 34.8 Å². The van der Waals surface area contributed by atoms with Crippen LogP contribution in [0.25, 0.3) is 5.82 Å². The number of pyridine rings is 1. The Kier molecular flexibility index (Phi) is 4.69. The number of hydrogen-bond donors (Lipinski definition) is 1. The number of halogens is 2. The number of aromatic nitrogens is 3. The Hall–Kier alpha value is -2.57. The third kappa shape index (κ3) is 3.06. The first-order valence-electron chi connectivity index (χ1n) is 6.90. The van der Waals surface area contributed by atoms with Crippen LogP contribution in [-0.2, 0) is 0 Å². The topological polar surface area (TPSA) is 69.0 Å². The molecule has 1 N–H and O–H groups in total. The maximum Gasteiger partial charge on any atom is 0.259 e. The standard InChI is InChI=1S/C16H12Cl2N4O2/c1-24-12-7-3-2-5-10(12)16(23)21-11-6-4-8-19-15(11)22-9-20-13(17)14(22)18/h2-9H,1H3,(H,21,23). The minimum absolute atomic E-state index is 0.157. The monoisotopic (exact) mass is 362 g/mol. The van der Waals surface area contributed by atoms with Gasteiger partial charge < -0.3 is 10.1 Å². The number of benzene rings is 1. The van der Waals surface area contributed by atoms with E-state index in [9.17, 15) is 4.79 Å². The molecule has 2 aromatic heterocycles. The number of nitrogens with one attached hydrogen (secondary N) is 1. The van der Waals surface area contributed by atoms with Gasteiger partial charge in [-0.1, -0.05) is 35.3 Å². The van der Waals surface area contributed by atoms with E-state index in [1.54, 1.807) is 42.6 Å². The highest BCUT2D eigenvalue weighted by molar-refractivity contribution is 6.40. The lowest BCUT2D eigenvalue weighted by Crippen LogP contribution is -2.15. The molecule has 8 heteroatoms. The van der Waals surface area contributed by atoms with Gasteiger partial charge in [-0.2, -0.15) is 0 Å². The van der Waals surface area contributed by atoms with Gasteiger partial charge in [-0.25, -0.2) is 9.97 Å². The van der Waals surface area contributed by atoms with Crippen LogP contribution in [0.1, 0.15) is 10.4 Å². The molecule has 0 saturated carbocycles. The number of imidazole rings is 1. The first-order valence-corrected chi connectivity index (χ1v) is 7.65. The average molecular weight is 363 g/mol. The van der Waals surface area contributed by atoms with Crippen LogP contribution in [0.4, 0.5) is 5.69 Å². The first kappa shape index (κ1) is 16.3. The fourth-order valence-corrected chi connectivity index (χ4v) is 2.48.